The van der Waals surface area contributed by atoms with Crippen LogP contribution in [0.3, 0.4) is 0 Å². The lowest BCUT2D eigenvalue weighted by Crippen LogP contribution is -2.32. The molecule has 0 N–H and O–H groups in total. The Morgan fingerprint density at radius 1 is 1.21 bits per heavy atom. The summed E-state index contributed by atoms with van der Waals surface area (Å²) < 4.78 is 31.2. The summed E-state index contributed by atoms with van der Waals surface area (Å²) in [6, 6.07) is 3.33. The number of benzene rings is 1. The topological polar surface area (TPSA) is 63.7 Å². The Hall–Kier alpha value is -1.56. The zero-order valence-electron chi connectivity index (χ0n) is 11.3. The minimum atomic E-state index is -3.75. The van der Waals surface area contributed by atoms with E-state index in [-0.39, 0.29) is 17.3 Å². The monoisotopic (exact) mass is 283 g/mol. The minimum Gasteiger partial charge on any atom is -0.497 e. The predicted molar refractivity (Wildman–Crippen MR) is 70.6 cm³/mol. The number of sulfonamides is 1. The van der Waals surface area contributed by atoms with Crippen molar-refractivity contribution >= 4 is 15.9 Å². The van der Waals surface area contributed by atoms with Crippen LogP contribution in [0.2, 0.25) is 0 Å². The molecule has 1 aromatic rings. The third-order valence-electron chi connectivity index (χ3n) is 3.25. The second kappa shape index (κ2) is 4.85. The van der Waals surface area contributed by atoms with E-state index in [1.54, 1.807) is 26.0 Å². The number of amides is 1. The van der Waals surface area contributed by atoms with Gasteiger partial charge >= 0.3 is 0 Å². The van der Waals surface area contributed by atoms with Gasteiger partial charge in [0.15, 0.2) is 0 Å². The number of hydrogen-bond donors (Lipinski definition) is 0. The molecule has 1 amide bonds. The highest BCUT2D eigenvalue weighted by Crippen LogP contribution is 2.30. The van der Waals surface area contributed by atoms with Gasteiger partial charge in [-0.05, 0) is 43.5 Å². The van der Waals surface area contributed by atoms with Crippen LogP contribution < -0.4 is 4.74 Å². The molecule has 1 aliphatic rings. The maximum absolute atomic E-state index is 12.6. The Kier molecular flexibility index (Phi) is 3.54. The van der Waals surface area contributed by atoms with Crippen LogP contribution in [0.4, 0.5) is 0 Å². The molecule has 6 heteroatoms. The Morgan fingerprint density at radius 3 is 2.21 bits per heavy atom. The summed E-state index contributed by atoms with van der Waals surface area (Å²) in [6.45, 7) is 3.69. The molecule has 0 spiro atoms. The van der Waals surface area contributed by atoms with Gasteiger partial charge < -0.3 is 4.74 Å². The number of carbonyl (C=O) groups excluding carboxylic acids is 1. The van der Waals surface area contributed by atoms with E-state index in [2.05, 4.69) is 0 Å². The van der Waals surface area contributed by atoms with E-state index in [1.165, 1.54) is 7.11 Å². The van der Waals surface area contributed by atoms with E-state index < -0.39 is 10.0 Å². The van der Waals surface area contributed by atoms with Crippen LogP contribution in [-0.2, 0) is 14.8 Å². The smallest absolute Gasteiger partial charge is 0.267 e. The SMILES string of the molecule is COc1cc(C)c(S(=O)(=O)N2CCCC2=O)c(C)c1. The summed E-state index contributed by atoms with van der Waals surface area (Å²) >= 11 is 0. The molecule has 1 heterocycles. The highest BCUT2D eigenvalue weighted by Gasteiger charge is 2.34. The zero-order chi connectivity index (χ0) is 14.2. The summed E-state index contributed by atoms with van der Waals surface area (Å²) in [7, 11) is -2.21. The molecule has 1 saturated heterocycles. The van der Waals surface area contributed by atoms with Gasteiger partial charge in [0.25, 0.3) is 10.0 Å². The molecular weight excluding hydrogens is 266 g/mol. The first kappa shape index (κ1) is 13.9. The fourth-order valence-corrected chi connectivity index (χ4v) is 4.30. The molecule has 1 aromatic carbocycles. The summed E-state index contributed by atoms with van der Waals surface area (Å²) in [4.78, 5) is 11.9. The van der Waals surface area contributed by atoms with Crippen LogP contribution in [0.5, 0.6) is 5.75 Å². The lowest BCUT2D eigenvalue weighted by atomic mass is 10.1. The van der Waals surface area contributed by atoms with Crippen LogP contribution in [0.15, 0.2) is 17.0 Å². The van der Waals surface area contributed by atoms with Gasteiger partial charge in [-0.1, -0.05) is 0 Å². The number of methoxy groups -OCH3 is 1. The first-order valence-electron chi connectivity index (χ1n) is 6.08. The van der Waals surface area contributed by atoms with Crippen LogP contribution >= 0.6 is 0 Å². The number of ether oxygens (including phenoxy) is 1. The molecule has 0 unspecified atom stereocenters. The van der Waals surface area contributed by atoms with Gasteiger partial charge in [-0.2, -0.15) is 0 Å². The molecule has 19 heavy (non-hydrogen) atoms. The third-order valence-corrected chi connectivity index (χ3v) is 5.37. The molecule has 0 bridgehead atoms. The number of aryl methyl sites for hydroxylation is 2. The van der Waals surface area contributed by atoms with E-state index in [0.717, 1.165) is 4.31 Å². The molecule has 1 fully saturated rings. The van der Waals surface area contributed by atoms with Gasteiger partial charge in [-0.25, -0.2) is 12.7 Å². The van der Waals surface area contributed by atoms with Crippen LogP contribution in [0.25, 0.3) is 0 Å². The van der Waals surface area contributed by atoms with Gasteiger partial charge in [-0.15, -0.1) is 0 Å². The zero-order valence-corrected chi connectivity index (χ0v) is 12.1. The number of rotatable bonds is 3. The first-order chi connectivity index (χ1) is 8.87. The minimum absolute atomic E-state index is 0.212. The largest absolute Gasteiger partial charge is 0.497 e. The first-order valence-corrected chi connectivity index (χ1v) is 7.52. The second-order valence-electron chi connectivity index (χ2n) is 4.66. The summed E-state index contributed by atoms with van der Waals surface area (Å²) in [6.07, 6.45) is 0.889. The average Bonchev–Trinajstić information content (AvgIpc) is 2.74. The summed E-state index contributed by atoms with van der Waals surface area (Å²) in [5.41, 5.74) is 1.19. The molecule has 0 atom stereocenters. The molecular formula is C13H17NO4S. The fraction of sp³-hybridized carbons (Fsp3) is 0.462. The van der Waals surface area contributed by atoms with E-state index in [4.69, 9.17) is 4.74 Å². The van der Waals surface area contributed by atoms with Crippen molar-refractivity contribution in [1.29, 1.82) is 0 Å². The van der Waals surface area contributed by atoms with Crippen LogP contribution in [-0.4, -0.2) is 32.3 Å². The Morgan fingerprint density at radius 2 is 1.79 bits per heavy atom. The fourth-order valence-electron chi connectivity index (χ4n) is 2.42. The number of hydrogen-bond acceptors (Lipinski definition) is 4. The van der Waals surface area contributed by atoms with Crippen molar-refractivity contribution in [3.63, 3.8) is 0 Å². The van der Waals surface area contributed by atoms with E-state index in [1.807, 2.05) is 0 Å². The highest BCUT2D eigenvalue weighted by atomic mass is 32.2. The lowest BCUT2D eigenvalue weighted by molar-refractivity contribution is -0.123. The maximum atomic E-state index is 12.6. The summed E-state index contributed by atoms with van der Waals surface area (Å²) in [5.74, 6) is 0.288. The van der Waals surface area contributed by atoms with Crippen molar-refractivity contribution in [2.45, 2.75) is 31.6 Å². The second-order valence-corrected chi connectivity index (χ2v) is 6.46. The van der Waals surface area contributed by atoms with Crippen molar-refractivity contribution in [2.75, 3.05) is 13.7 Å². The van der Waals surface area contributed by atoms with Crippen molar-refractivity contribution in [1.82, 2.24) is 4.31 Å². The standard InChI is InChI=1S/C13H17NO4S/c1-9-7-11(18-3)8-10(2)13(9)19(16,17)14-6-4-5-12(14)15/h7-8H,4-6H2,1-3H3. The normalized spacial score (nSPS) is 15.9. The van der Waals surface area contributed by atoms with E-state index >= 15 is 0 Å². The van der Waals surface area contributed by atoms with Crippen LogP contribution in [0.1, 0.15) is 24.0 Å². The number of nitrogens with zero attached hydrogens (tertiary/aromatic N) is 1. The average molecular weight is 283 g/mol. The van der Waals surface area contributed by atoms with Crippen molar-refractivity contribution in [3.8, 4) is 5.75 Å². The highest BCUT2D eigenvalue weighted by molar-refractivity contribution is 7.89. The Balaban J connectivity index is 2.55. The van der Waals surface area contributed by atoms with E-state index in [0.29, 0.717) is 29.7 Å². The Bertz CT molecular complexity index is 599. The summed E-state index contributed by atoms with van der Waals surface area (Å²) in [5, 5.41) is 0. The van der Waals surface area contributed by atoms with Crippen molar-refractivity contribution < 1.29 is 17.9 Å². The number of carbonyl (C=O) groups is 1. The molecule has 5 nitrogen and oxygen atoms in total. The van der Waals surface area contributed by atoms with Crippen LogP contribution in [0, 0.1) is 13.8 Å². The van der Waals surface area contributed by atoms with Crippen molar-refractivity contribution in [2.24, 2.45) is 0 Å². The van der Waals surface area contributed by atoms with Crippen molar-refractivity contribution in [3.05, 3.63) is 23.3 Å². The Labute approximate surface area is 113 Å². The van der Waals surface area contributed by atoms with Gasteiger partial charge in [0.1, 0.15) is 5.75 Å². The van der Waals surface area contributed by atoms with Gasteiger partial charge in [0.2, 0.25) is 5.91 Å². The van der Waals surface area contributed by atoms with Gasteiger partial charge in [0, 0.05) is 13.0 Å². The van der Waals surface area contributed by atoms with Gasteiger partial charge in [0.05, 0.1) is 12.0 Å². The molecule has 1 aliphatic heterocycles. The molecule has 104 valence electrons. The predicted octanol–water partition coefficient (Wildman–Crippen LogP) is 1.62. The molecule has 0 aliphatic carbocycles. The molecule has 0 saturated carbocycles. The van der Waals surface area contributed by atoms with Gasteiger partial charge in [-0.3, -0.25) is 4.79 Å². The molecule has 0 radical (unpaired) electrons. The lowest BCUT2D eigenvalue weighted by Gasteiger charge is -2.19. The third kappa shape index (κ3) is 2.32. The quantitative estimate of drug-likeness (QED) is 0.845. The maximum Gasteiger partial charge on any atom is 0.267 e. The molecule has 0 aromatic heterocycles. The molecule has 2 rings (SSSR count). The van der Waals surface area contributed by atoms with E-state index in [9.17, 15) is 13.2 Å².